The van der Waals surface area contributed by atoms with Crippen LogP contribution in [0, 0.1) is 0 Å². The van der Waals surface area contributed by atoms with Gasteiger partial charge in [-0.2, -0.15) is 0 Å². The number of benzene rings is 3. The van der Waals surface area contributed by atoms with Crippen LogP contribution in [0.25, 0.3) is 5.57 Å². The van der Waals surface area contributed by atoms with E-state index < -0.39 is 0 Å². The number of carbonyl (C=O) groups is 1. The Morgan fingerprint density at radius 2 is 1.44 bits per heavy atom. The van der Waals surface area contributed by atoms with E-state index in [1.807, 2.05) is 29.2 Å². The van der Waals surface area contributed by atoms with Gasteiger partial charge in [0.05, 0.1) is 19.7 Å². The van der Waals surface area contributed by atoms with Crippen LogP contribution in [0.3, 0.4) is 0 Å². The lowest BCUT2D eigenvalue weighted by Crippen LogP contribution is -2.49. The number of piperazine rings is 1. The molecule has 1 atom stereocenters. The maximum absolute atomic E-state index is 13.7. The summed E-state index contributed by atoms with van der Waals surface area (Å²) in [6.45, 7) is 6.90. The van der Waals surface area contributed by atoms with Gasteiger partial charge in [0.25, 0.3) is 0 Å². The molecule has 0 saturated carbocycles. The normalized spacial score (nSPS) is 15.2. The van der Waals surface area contributed by atoms with Gasteiger partial charge in [-0.25, -0.2) is 0 Å². The Labute approximate surface area is 215 Å². The smallest absolute Gasteiger partial charge is 0.237 e. The molecule has 1 fully saturated rings. The summed E-state index contributed by atoms with van der Waals surface area (Å²) in [5.74, 6) is 0.969. The standard InChI is InChI=1S/C31H37N3O2/c1-25(26-14-16-29(36-3)17-15-26)34(31(35)24-33-22-20-32(2)21-23-33)19-18-30(27-10-6-4-7-11-27)28-12-8-5-9-13-28/h4-18,25H,19-24H2,1-3H3/t25-/m1/s1. The number of likely N-dealkylation sites (N-methyl/N-ethyl adjacent to an activating group) is 1. The SMILES string of the molecule is COc1ccc([C@@H](C)N(CC=C(c2ccccc2)c2ccccc2)C(=O)CN2CCN(C)CC2)cc1. The molecule has 188 valence electrons. The first-order valence-corrected chi connectivity index (χ1v) is 12.7. The van der Waals surface area contributed by atoms with Crippen LogP contribution < -0.4 is 4.74 Å². The highest BCUT2D eigenvalue weighted by atomic mass is 16.5. The number of nitrogens with zero attached hydrogens (tertiary/aromatic N) is 3. The molecule has 0 aliphatic carbocycles. The zero-order valence-electron chi connectivity index (χ0n) is 21.6. The second kappa shape index (κ2) is 12.5. The van der Waals surface area contributed by atoms with E-state index in [4.69, 9.17) is 4.74 Å². The molecule has 0 aromatic heterocycles. The van der Waals surface area contributed by atoms with Crippen molar-refractivity contribution in [3.8, 4) is 5.75 Å². The Morgan fingerprint density at radius 3 is 1.97 bits per heavy atom. The molecule has 0 unspecified atom stereocenters. The summed E-state index contributed by atoms with van der Waals surface area (Å²) in [6.07, 6.45) is 2.20. The largest absolute Gasteiger partial charge is 0.497 e. The van der Waals surface area contributed by atoms with Crippen LogP contribution in [0.5, 0.6) is 5.75 Å². The third-order valence-electron chi connectivity index (χ3n) is 7.00. The quantitative estimate of drug-likeness (QED) is 0.431. The highest BCUT2D eigenvalue weighted by molar-refractivity contribution is 5.82. The molecule has 0 bridgehead atoms. The van der Waals surface area contributed by atoms with Gasteiger partial charge in [0.1, 0.15) is 5.75 Å². The molecular weight excluding hydrogens is 446 g/mol. The number of hydrogen-bond donors (Lipinski definition) is 0. The molecule has 5 heteroatoms. The van der Waals surface area contributed by atoms with Crippen molar-refractivity contribution in [1.82, 2.24) is 14.7 Å². The van der Waals surface area contributed by atoms with Crippen LogP contribution in [-0.4, -0.2) is 74.0 Å². The van der Waals surface area contributed by atoms with E-state index in [1.165, 1.54) is 0 Å². The fourth-order valence-corrected chi connectivity index (χ4v) is 4.65. The fourth-order valence-electron chi connectivity index (χ4n) is 4.65. The molecule has 4 rings (SSSR count). The number of carbonyl (C=O) groups excluding carboxylic acids is 1. The average Bonchev–Trinajstić information content (AvgIpc) is 2.93. The van der Waals surface area contributed by atoms with Crippen LogP contribution in [0.15, 0.2) is 91.0 Å². The molecule has 1 aliphatic heterocycles. The minimum absolute atomic E-state index is 0.0695. The first-order valence-electron chi connectivity index (χ1n) is 12.7. The Kier molecular flexibility index (Phi) is 8.93. The third kappa shape index (κ3) is 6.62. The van der Waals surface area contributed by atoms with E-state index in [0.29, 0.717) is 13.1 Å². The molecule has 1 aliphatic rings. The predicted molar refractivity (Wildman–Crippen MR) is 147 cm³/mol. The lowest BCUT2D eigenvalue weighted by atomic mass is 9.97. The van der Waals surface area contributed by atoms with Gasteiger partial charge >= 0.3 is 0 Å². The molecule has 0 spiro atoms. The van der Waals surface area contributed by atoms with E-state index in [0.717, 1.165) is 54.2 Å². The monoisotopic (exact) mass is 483 g/mol. The van der Waals surface area contributed by atoms with Gasteiger partial charge < -0.3 is 14.5 Å². The molecule has 3 aromatic rings. The van der Waals surface area contributed by atoms with Gasteiger partial charge in [-0.1, -0.05) is 78.9 Å². The van der Waals surface area contributed by atoms with Crippen molar-refractivity contribution in [1.29, 1.82) is 0 Å². The first-order chi connectivity index (χ1) is 17.5. The van der Waals surface area contributed by atoms with Crippen LogP contribution >= 0.6 is 0 Å². The highest BCUT2D eigenvalue weighted by Crippen LogP contribution is 2.26. The van der Waals surface area contributed by atoms with E-state index in [2.05, 4.69) is 90.5 Å². The van der Waals surface area contributed by atoms with Crippen molar-refractivity contribution in [3.63, 3.8) is 0 Å². The van der Waals surface area contributed by atoms with Crippen molar-refractivity contribution in [2.75, 3.05) is 53.4 Å². The van der Waals surface area contributed by atoms with Crippen LogP contribution in [0.1, 0.15) is 29.7 Å². The second-order valence-corrected chi connectivity index (χ2v) is 9.42. The zero-order chi connectivity index (χ0) is 25.3. The van der Waals surface area contributed by atoms with Gasteiger partial charge in [0.2, 0.25) is 5.91 Å². The van der Waals surface area contributed by atoms with Crippen LogP contribution in [0.4, 0.5) is 0 Å². The van der Waals surface area contributed by atoms with Crippen molar-refractivity contribution in [3.05, 3.63) is 108 Å². The van der Waals surface area contributed by atoms with E-state index in [-0.39, 0.29) is 11.9 Å². The molecule has 0 radical (unpaired) electrons. The summed E-state index contributed by atoms with van der Waals surface area (Å²) in [7, 11) is 3.81. The minimum atomic E-state index is -0.0695. The van der Waals surface area contributed by atoms with E-state index in [9.17, 15) is 4.79 Å². The minimum Gasteiger partial charge on any atom is -0.497 e. The number of rotatable bonds is 9. The molecule has 3 aromatic carbocycles. The second-order valence-electron chi connectivity index (χ2n) is 9.42. The molecular formula is C31H37N3O2. The van der Waals surface area contributed by atoms with Crippen molar-refractivity contribution in [2.24, 2.45) is 0 Å². The first kappa shape index (κ1) is 25.7. The lowest BCUT2D eigenvalue weighted by Gasteiger charge is -2.35. The summed E-state index contributed by atoms with van der Waals surface area (Å²) in [5, 5.41) is 0. The van der Waals surface area contributed by atoms with Gasteiger partial charge in [-0.05, 0) is 48.4 Å². The molecule has 5 nitrogen and oxygen atoms in total. The number of ether oxygens (including phenoxy) is 1. The third-order valence-corrected chi connectivity index (χ3v) is 7.00. The predicted octanol–water partition coefficient (Wildman–Crippen LogP) is 4.96. The number of methoxy groups -OCH3 is 1. The van der Waals surface area contributed by atoms with Gasteiger partial charge in [-0.3, -0.25) is 9.69 Å². The maximum atomic E-state index is 13.7. The maximum Gasteiger partial charge on any atom is 0.237 e. The summed E-state index contributed by atoms with van der Waals surface area (Å²) < 4.78 is 5.34. The van der Waals surface area contributed by atoms with Crippen molar-refractivity contribution < 1.29 is 9.53 Å². The molecule has 36 heavy (non-hydrogen) atoms. The summed E-state index contributed by atoms with van der Waals surface area (Å²) >= 11 is 0. The molecule has 1 amide bonds. The number of hydrogen-bond acceptors (Lipinski definition) is 4. The molecule has 0 N–H and O–H groups in total. The van der Waals surface area contributed by atoms with Gasteiger partial charge in [-0.15, -0.1) is 0 Å². The number of amides is 1. The average molecular weight is 484 g/mol. The fraction of sp³-hybridized carbons (Fsp3) is 0.323. The summed E-state index contributed by atoms with van der Waals surface area (Å²) in [4.78, 5) is 20.3. The van der Waals surface area contributed by atoms with E-state index in [1.54, 1.807) is 7.11 Å². The summed E-state index contributed by atoms with van der Waals surface area (Å²) in [6, 6.07) is 28.8. The summed E-state index contributed by atoms with van der Waals surface area (Å²) in [5.41, 5.74) is 4.52. The Bertz CT molecular complexity index is 1080. The Morgan fingerprint density at radius 1 is 0.889 bits per heavy atom. The lowest BCUT2D eigenvalue weighted by molar-refractivity contribution is -0.134. The van der Waals surface area contributed by atoms with E-state index >= 15 is 0 Å². The zero-order valence-corrected chi connectivity index (χ0v) is 21.6. The highest BCUT2D eigenvalue weighted by Gasteiger charge is 2.24. The molecule has 1 saturated heterocycles. The van der Waals surface area contributed by atoms with Crippen molar-refractivity contribution >= 4 is 11.5 Å². The van der Waals surface area contributed by atoms with Gasteiger partial charge in [0, 0.05) is 32.7 Å². The topological polar surface area (TPSA) is 36.0 Å². The van der Waals surface area contributed by atoms with Crippen molar-refractivity contribution in [2.45, 2.75) is 13.0 Å². The van der Waals surface area contributed by atoms with Crippen LogP contribution in [0.2, 0.25) is 0 Å². The van der Waals surface area contributed by atoms with Gasteiger partial charge in [0.15, 0.2) is 0 Å². The van der Waals surface area contributed by atoms with Crippen LogP contribution in [-0.2, 0) is 4.79 Å². The Balaban J connectivity index is 1.63. The Hall–Kier alpha value is -3.41. The molecule has 1 heterocycles.